The van der Waals surface area contributed by atoms with E-state index in [1.54, 1.807) is 0 Å². The number of para-hydroxylation sites is 1. The summed E-state index contributed by atoms with van der Waals surface area (Å²) in [4.78, 5) is 2.70. The maximum Gasteiger partial charge on any atom is 0.127 e. The van der Waals surface area contributed by atoms with Gasteiger partial charge >= 0.3 is 0 Å². The predicted octanol–water partition coefficient (Wildman–Crippen LogP) is 2.77. The molecule has 2 rings (SSSR count). The summed E-state index contributed by atoms with van der Waals surface area (Å²) in [6, 6.07) is 7.76. The van der Waals surface area contributed by atoms with E-state index in [1.165, 1.54) is 0 Å². The number of nitrogens with zero attached hydrogens (tertiary/aromatic N) is 3. The number of ether oxygens (including phenoxy) is 1. The lowest BCUT2D eigenvalue weighted by molar-refractivity contribution is 0.253. The van der Waals surface area contributed by atoms with Gasteiger partial charge in [0.2, 0.25) is 0 Å². The average Bonchev–Trinajstić information content (AvgIpc) is 2.26. The van der Waals surface area contributed by atoms with Crippen LogP contribution in [0.3, 0.4) is 0 Å². The van der Waals surface area contributed by atoms with Crippen LogP contribution >= 0.6 is 0 Å². The molecule has 1 unspecified atom stereocenters. The van der Waals surface area contributed by atoms with Crippen LogP contribution in [-0.4, -0.2) is 12.6 Å². The first-order valence-corrected chi connectivity index (χ1v) is 4.35. The van der Waals surface area contributed by atoms with Crippen LogP contribution in [0.25, 0.3) is 16.5 Å². The zero-order valence-corrected chi connectivity index (χ0v) is 7.50. The van der Waals surface area contributed by atoms with Crippen molar-refractivity contribution < 1.29 is 4.74 Å². The maximum absolute atomic E-state index is 8.17. The van der Waals surface area contributed by atoms with Gasteiger partial charge in [0, 0.05) is 10.5 Å². The van der Waals surface area contributed by atoms with Gasteiger partial charge in [-0.2, -0.15) is 0 Å². The third-order valence-corrected chi connectivity index (χ3v) is 2.01. The largest absolute Gasteiger partial charge is 0.486 e. The molecule has 0 aliphatic carbocycles. The number of hydrogen-bond donors (Lipinski definition) is 0. The summed E-state index contributed by atoms with van der Waals surface area (Å²) in [5.41, 5.74) is 9.23. The van der Waals surface area contributed by atoms with E-state index < -0.39 is 0 Å². The van der Waals surface area contributed by atoms with E-state index in [9.17, 15) is 0 Å². The number of azide groups is 1. The molecule has 0 fully saturated rings. The first kappa shape index (κ1) is 8.66. The van der Waals surface area contributed by atoms with E-state index in [1.807, 2.05) is 36.4 Å². The van der Waals surface area contributed by atoms with E-state index in [0.29, 0.717) is 6.54 Å². The SMILES string of the molecule is [N-]=[N+]=NCC1C=Cc2ccccc2O1. The molecule has 4 nitrogen and oxygen atoms in total. The zero-order chi connectivity index (χ0) is 9.80. The van der Waals surface area contributed by atoms with Gasteiger partial charge in [0.15, 0.2) is 0 Å². The summed E-state index contributed by atoms with van der Waals surface area (Å²) < 4.78 is 5.58. The Kier molecular flexibility index (Phi) is 2.38. The fourth-order valence-electron chi connectivity index (χ4n) is 1.35. The second-order valence-corrected chi connectivity index (χ2v) is 2.97. The predicted molar refractivity (Wildman–Crippen MR) is 53.9 cm³/mol. The van der Waals surface area contributed by atoms with Crippen molar-refractivity contribution in [1.82, 2.24) is 0 Å². The molecule has 0 aromatic heterocycles. The van der Waals surface area contributed by atoms with Crippen LogP contribution in [0.4, 0.5) is 0 Å². The van der Waals surface area contributed by atoms with Crippen molar-refractivity contribution in [3.8, 4) is 5.75 Å². The maximum atomic E-state index is 8.17. The standard InChI is InChI=1S/C10H9N3O/c11-13-12-7-9-6-5-8-3-1-2-4-10(8)14-9/h1-6,9H,7H2. The third-order valence-electron chi connectivity index (χ3n) is 2.01. The highest BCUT2D eigenvalue weighted by molar-refractivity contribution is 5.59. The van der Waals surface area contributed by atoms with Crippen LogP contribution in [0.1, 0.15) is 5.56 Å². The topological polar surface area (TPSA) is 58.0 Å². The highest BCUT2D eigenvalue weighted by atomic mass is 16.5. The second-order valence-electron chi connectivity index (χ2n) is 2.97. The van der Waals surface area contributed by atoms with Crippen molar-refractivity contribution >= 4 is 6.08 Å². The van der Waals surface area contributed by atoms with Gasteiger partial charge < -0.3 is 4.74 Å². The quantitative estimate of drug-likeness (QED) is 0.399. The molecule has 70 valence electrons. The first-order chi connectivity index (χ1) is 6.90. The van der Waals surface area contributed by atoms with Crippen molar-refractivity contribution in [3.63, 3.8) is 0 Å². The molecule has 1 heterocycles. The molecule has 0 radical (unpaired) electrons. The van der Waals surface area contributed by atoms with Gasteiger partial charge in [-0.1, -0.05) is 29.4 Å². The van der Waals surface area contributed by atoms with Crippen LogP contribution in [0, 0.1) is 0 Å². The van der Waals surface area contributed by atoms with Crippen molar-refractivity contribution in [2.75, 3.05) is 6.54 Å². The van der Waals surface area contributed by atoms with E-state index in [-0.39, 0.29) is 6.10 Å². The molecule has 4 heteroatoms. The summed E-state index contributed by atoms with van der Waals surface area (Å²) in [6.45, 7) is 0.335. The molecule has 0 saturated carbocycles. The van der Waals surface area contributed by atoms with Gasteiger partial charge in [0.05, 0.1) is 6.54 Å². The smallest absolute Gasteiger partial charge is 0.127 e. The molecule has 0 bridgehead atoms. The van der Waals surface area contributed by atoms with E-state index in [0.717, 1.165) is 11.3 Å². The average molecular weight is 187 g/mol. The Hall–Kier alpha value is -1.93. The first-order valence-electron chi connectivity index (χ1n) is 4.35. The van der Waals surface area contributed by atoms with Gasteiger partial charge in [0.25, 0.3) is 0 Å². The lowest BCUT2D eigenvalue weighted by Crippen LogP contribution is -2.19. The lowest BCUT2D eigenvalue weighted by atomic mass is 10.1. The molecule has 1 aliphatic rings. The number of benzene rings is 1. The lowest BCUT2D eigenvalue weighted by Gasteiger charge is -2.19. The van der Waals surface area contributed by atoms with Gasteiger partial charge in [-0.3, -0.25) is 0 Å². The molecule has 0 spiro atoms. The highest BCUT2D eigenvalue weighted by Crippen LogP contribution is 2.25. The summed E-state index contributed by atoms with van der Waals surface area (Å²) in [7, 11) is 0. The van der Waals surface area contributed by atoms with Gasteiger partial charge in [-0.05, 0) is 17.7 Å². The molecule has 0 saturated heterocycles. The van der Waals surface area contributed by atoms with Crippen LogP contribution in [0.5, 0.6) is 5.75 Å². The monoisotopic (exact) mass is 187 g/mol. The van der Waals surface area contributed by atoms with Gasteiger partial charge in [-0.25, -0.2) is 0 Å². The van der Waals surface area contributed by atoms with Crippen LogP contribution in [0.15, 0.2) is 35.5 Å². The van der Waals surface area contributed by atoms with Crippen molar-refractivity contribution in [3.05, 3.63) is 46.3 Å². The fourth-order valence-corrected chi connectivity index (χ4v) is 1.35. The molecular formula is C10H9N3O. The van der Waals surface area contributed by atoms with Gasteiger partial charge in [-0.15, -0.1) is 0 Å². The van der Waals surface area contributed by atoms with Crippen molar-refractivity contribution in [1.29, 1.82) is 0 Å². The molecule has 14 heavy (non-hydrogen) atoms. The Morgan fingerprint density at radius 3 is 3.14 bits per heavy atom. The van der Waals surface area contributed by atoms with Gasteiger partial charge in [0.1, 0.15) is 11.9 Å². The number of hydrogen-bond acceptors (Lipinski definition) is 2. The van der Waals surface area contributed by atoms with Crippen molar-refractivity contribution in [2.45, 2.75) is 6.10 Å². The molecule has 0 amide bonds. The fraction of sp³-hybridized carbons (Fsp3) is 0.200. The summed E-state index contributed by atoms with van der Waals surface area (Å²) in [6.07, 6.45) is 3.74. The van der Waals surface area contributed by atoms with Crippen molar-refractivity contribution in [2.24, 2.45) is 5.11 Å². The Bertz CT molecular complexity index is 408. The Labute approximate surface area is 81.4 Å². The Morgan fingerprint density at radius 2 is 2.29 bits per heavy atom. The summed E-state index contributed by atoms with van der Waals surface area (Å²) in [5, 5.41) is 3.47. The zero-order valence-electron chi connectivity index (χ0n) is 7.50. The molecule has 1 aliphatic heterocycles. The number of fused-ring (bicyclic) bond motifs is 1. The summed E-state index contributed by atoms with van der Waals surface area (Å²) >= 11 is 0. The molecule has 0 N–H and O–H groups in total. The second kappa shape index (κ2) is 3.85. The summed E-state index contributed by atoms with van der Waals surface area (Å²) in [5.74, 6) is 0.841. The normalized spacial score (nSPS) is 17.9. The molecular weight excluding hydrogens is 178 g/mol. The Morgan fingerprint density at radius 1 is 1.43 bits per heavy atom. The highest BCUT2D eigenvalue weighted by Gasteiger charge is 2.12. The Balaban J connectivity index is 2.17. The minimum absolute atomic E-state index is 0.138. The minimum Gasteiger partial charge on any atom is -0.486 e. The number of rotatable bonds is 2. The van der Waals surface area contributed by atoms with E-state index in [2.05, 4.69) is 10.0 Å². The molecule has 1 aromatic rings. The van der Waals surface area contributed by atoms with Crippen LogP contribution in [-0.2, 0) is 0 Å². The minimum atomic E-state index is -0.138. The third kappa shape index (κ3) is 1.70. The van der Waals surface area contributed by atoms with E-state index in [4.69, 9.17) is 10.3 Å². The molecule has 1 atom stereocenters. The van der Waals surface area contributed by atoms with Crippen LogP contribution < -0.4 is 4.74 Å². The molecule has 1 aromatic carbocycles. The van der Waals surface area contributed by atoms with Crippen LogP contribution in [0.2, 0.25) is 0 Å². The van der Waals surface area contributed by atoms with E-state index >= 15 is 0 Å².